The second-order valence-corrected chi connectivity index (χ2v) is 6.20. The van der Waals surface area contributed by atoms with E-state index in [1.165, 1.54) is 17.7 Å². The van der Waals surface area contributed by atoms with Gasteiger partial charge in [0.1, 0.15) is 0 Å². The Balaban J connectivity index is 0.00000144. The van der Waals surface area contributed by atoms with Crippen LogP contribution >= 0.6 is 23.7 Å². The van der Waals surface area contributed by atoms with Crippen LogP contribution in [0.1, 0.15) is 38.5 Å². The van der Waals surface area contributed by atoms with Gasteiger partial charge in [-0.05, 0) is 25.7 Å². The zero-order valence-electron chi connectivity index (χ0n) is 10.7. The summed E-state index contributed by atoms with van der Waals surface area (Å²) in [5.41, 5.74) is 5.67. The van der Waals surface area contributed by atoms with Crippen LogP contribution in [0.3, 0.4) is 0 Å². The number of rotatable bonds is 5. The van der Waals surface area contributed by atoms with E-state index in [0.717, 1.165) is 12.6 Å². The molecule has 0 radical (unpaired) electrons. The molecular weight excluding hydrogens is 254 g/mol. The summed E-state index contributed by atoms with van der Waals surface area (Å²) in [5, 5.41) is 0.683. The second-order valence-electron chi connectivity index (χ2n) is 5.05. The smallest absolute Gasteiger partial charge is 0.180 e. The molecule has 1 aliphatic carbocycles. The number of nitrogen functional groups attached to an aromatic ring is 1. The van der Waals surface area contributed by atoms with Crippen LogP contribution in [-0.2, 0) is 6.54 Å². The normalized spacial score (nSPS) is 17.2. The van der Waals surface area contributed by atoms with Gasteiger partial charge in [-0.3, -0.25) is 4.90 Å². The Bertz CT molecular complexity index is 349. The molecule has 1 fully saturated rings. The van der Waals surface area contributed by atoms with Gasteiger partial charge >= 0.3 is 0 Å². The average Bonchev–Trinajstić information content (AvgIpc) is 2.98. The molecule has 1 heterocycles. The number of halogens is 1. The molecule has 1 aliphatic rings. The number of aromatic nitrogens is 1. The number of thiazole rings is 1. The van der Waals surface area contributed by atoms with Gasteiger partial charge in [0.05, 0.1) is 0 Å². The van der Waals surface area contributed by atoms with Crippen molar-refractivity contribution in [2.75, 3.05) is 5.73 Å². The van der Waals surface area contributed by atoms with E-state index in [4.69, 9.17) is 5.73 Å². The first-order valence-corrected chi connectivity index (χ1v) is 6.85. The van der Waals surface area contributed by atoms with Crippen molar-refractivity contribution in [2.24, 2.45) is 5.92 Å². The van der Waals surface area contributed by atoms with Gasteiger partial charge in [-0.25, -0.2) is 4.98 Å². The van der Waals surface area contributed by atoms with E-state index in [9.17, 15) is 0 Å². The van der Waals surface area contributed by atoms with Crippen molar-refractivity contribution in [3.8, 4) is 0 Å². The fraction of sp³-hybridized carbons (Fsp3) is 0.750. The zero-order chi connectivity index (χ0) is 11.7. The molecule has 0 spiro atoms. The van der Waals surface area contributed by atoms with Crippen molar-refractivity contribution in [2.45, 2.75) is 52.2 Å². The van der Waals surface area contributed by atoms with Crippen molar-refractivity contribution in [1.82, 2.24) is 9.88 Å². The van der Waals surface area contributed by atoms with Crippen LogP contribution in [0.15, 0.2) is 6.20 Å². The predicted octanol–water partition coefficient (Wildman–Crippen LogP) is 3.16. The van der Waals surface area contributed by atoms with Crippen molar-refractivity contribution in [3.63, 3.8) is 0 Å². The standard InChI is InChI=1S/C12H21N3S.ClH/c1-8(2)9(3)15(10-4-5-10)7-11-6-14-12(13)16-11;/h6,8-10H,4-5,7H2,1-3H3,(H2,13,14);1H. The van der Waals surface area contributed by atoms with E-state index >= 15 is 0 Å². The van der Waals surface area contributed by atoms with Gasteiger partial charge in [0.25, 0.3) is 0 Å². The van der Waals surface area contributed by atoms with Crippen LogP contribution in [0.5, 0.6) is 0 Å². The molecule has 17 heavy (non-hydrogen) atoms. The van der Waals surface area contributed by atoms with Crippen molar-refractivity contribution >= 4 is 28.9 Å². The van der Waals surface area contributed by atoms with Gasteiger partial charge in [-0.2, -0.15) is 0 Å². The maximum atomic E-state index is 5.67. The minimum atomic E-state index is 0. The Morgan fingerprint density at radius 3 is 2.53 bits per heavy atom. The number of nitrogens with two attached hydrogens (primary N) is 1. The monoisotopic (exact) mass is 275 g/mol. The maximum Gasteiger partial charge on any atom is 0.180 e. The van der Waals surface area contributed by atoms with Gasteiger partial charge in [-0.15, -0.1) is 23.7 Å². The summed E-state index contributed by atoms with van der Waals surface area (Å²) in [7, 11) is 0. The van der Waals surface area contributed by atoms with Crippen LogP contribution in [-0.4, -0.2) is 22.0 Å². The third-order valence-electron chi connectivity index (χ3n) is 3.41. The molecule has 0 bridgehead atoms. The lowest BCUT2D eigenvalue weighted by molar-refractivity contribution is 0.152. The van der Waals surface area contributed by atoms with Crippen LogP contribution in [0, 0.1) is 5.92 Å². The van der Waals surface area contributed by atoms with Crippen LogP contribution in [0.25, 0.3) is 0 Å². The molecule has 1 atom stereocenters. The highest BCUT2D eigenvalue weighted by molar-refractivity contribution is 7.15. The summed E-state index contributed by atoms with van der Waals surface area (Å²) in [6.07, 6.45) is 4.62. The molecule has 0 aromatic carbocycles. The largest absolute Gasteiger partial charge is 0.375 e. The number of nitrogens with zero attached hydrogens (tertiary/aromatic N) is 2. The van der Waals surface area contributed by atoms with Crippen LogP contribution in [0.4, 0.5) is 5.13 Å². The first-order valence-electron chi connectivity index (χ1n) is 6.04. The molecule has 2 N–H and O–H groups in total. The maximum absolute atomic E-state index is 5.67. The molecule has 0 aliphatic heterocycles. The Hall–Kier alpha value is -0.320. The molecule has 1 aromatic rings. The van der Waals surface area contributed by atoms with Crippen molar-refractivity contribution in [3.05, 3.63) is 11.1 Å². The molecule has 1 saturated carbocycles. The summed E-state index contributed by atoms with van der Waals surface area (Å²) in [5.74, 6) is 0.700. The van der Waals surface area contributed by atoms with Gasteiger partial charge in [0.15, 0.2) is 5.13 Å². The zero-order valence-corrected chi connectivity index (χ0v) is 12.4. The highest BCUT2D eigenvalue weighted by Crippen LogP contribution is 2.33. The van der Waals surface area contributed by atoms with E-state index in [1.807, 2.05) is 6.20 Å². The quantitative estimate of drug-likeness (QED) is 0.898. The summed E-state index contributed by atoms with van der Waals surface area (Å²) in [6, 6.07) is 1.43. The molecule has 0 amide bonds. The predicted molar refractivity (Wildman–Crippen MR) is 76.6 cm³/mol. The first-order chi connectivity index (χ1) is 7.58. The van der Waals surface area contributed by atoms with Crippen molar-refractivity contribution in [1.29, 1.82) is 0 Å². The third-order valence-corrected chi connectivity index (χ3v) is 4.22. The van der Waals surface area contributed by atoms with E-state index in [-0.39, 0.29) is 12.4 Å². The van der Waals surface area contributed by atoms with E-state index in [1.54, 1.807) is 11.3 Å². The molecule has 0 saturated heterocycles. The van der Waals surface area contributed by atoms with E-state index in [2.05, 4.69) is 30.7 Å². The highest BCUT2D eigenvalue weighted by Gasteiger charge is 2.33. The molecule has 3 nitrogen and oxygen atoms in total. The number of hydrogen-bond acceptors (Lipinski definition) is 4. The van der Waals surface area contributed by atoms with Gasteiger partial charge in [0.2, 0.25) is 0 Å². The fourth-order valence-corrected chi connectivity index (χ4v) is 2.66. The van der Waals surface area contributed by atoms with E-state index in [0.29, 0.717) is 17.1 Å². The lowest BCUT2D eigenvalue weighted by Crippen LogP contribution is -2.37. The van der Waals surface area contributed by atoms with Gasteiger partial charge in [-0.1, -0.05) is 13.8 Å². The molecule has 2 rings (SSSR count). The fourth-order valence-electron chi connectivity index (χ4n) is 1.97. The summed E-state index contributed by atoms with van der Waals surface area (Å²) >= 11 is 1.62. The number of anilines is 1. The number of hydrogen-bond donors (Lipinski definition) is 1. The van der Waals surface area contributed by atoms with E-state index < -0.39 is 0 Å². The third kappa shape index (κ3) is 3.83. The molecular formula is C12H22ClN3S. The topological polar surface area (TPSA) is 42.2 Å². The lowest BCUT2D eigenvalue weighted by atomic mass is 10.0. The second kappa shape index (κ2) is 6.03. The van der Waals surface area contributed by atoms with Crippen LogP contribution < -0.4 is 5.73 Å². The summed E-state index contributed by atoms with van der Waals surface area (Å²) in [6.45, 7) is 7.93. The summed E-state index contributed by atoms with van der Waals surface area (Å²) < 4.78 is 0. The SMILES string of the molecule is CC(C)C(C)N(Cc1cnc(N)s1)C1CC1.Cl. The first kappa shape index (κ1) is 14.7. The van der Waals surface area contributed by atoms with Crippen LogP contribution in [0.2, 0.25) is 0 Å². The van der Waals surface area contributed by atoms with Gasteiger partial charge < -0.3 is 5.73 Å². The average molecular weight is 276 g/mol. The van der Waals surface area contributed by atoms with Crippen molar-refractivity contribution < 1.29 is 0 Å². The minimum Gasteiger partial charge on any atom is -0.375 e. The Kier molecular flexibility index (Phi) is 5.22. The highest BCUT2D eigenvalue weighted by atomic mass is 35.5. The molecule has 1 unspecified atom stereocenters. The lowest BCUT2D eigenvalue weighted by Gasteiger charge is -2.31. The molecule has 98 valence electrons. The molecule has 5 heteroatoms. The van der Waals surface area contributed by atoms with Gasteiger partial charge in [0, 0.05) is 29.7 Å². The Morgan fingerprint density at radius 1 is 1.47 bits per heavy atom. The summed E-state index contributed by atoms with van der Waals surface area (Å²) in [4.78, 5) is 8.02. The minimum absolute atomic E-state index is 0. The molecule has 1 aromatic heterocycles. The Labute approximate surface area is 114 Å². The Morgan fingerprint density at radius 2 is 2.12 bits per heavy atom.